The molecule has 0 atom stereocenters. The summed E-state index contributed by atoms with van der Waals surface area (Å²) < 4.78 is 0. The molecule has 0 aromatic rings. The average molecular weight is 228 g/mol. The lowest BCUT2D eigenvalue weighted by Crippen LogP contribution is -2.50. The zero-order valence-electron chi connectivity index (χ0n) is 10.4. The third-order valence-corrected chi connectivity index (χ3v) is 3.70. The lowest BCUT2D eigenvalue weighted by Gasteiger charge is -2.38. The fraction of sp³-hybridized carbons (Fsp3) is 0.917. The largest absolute Gasteiger partial charge is 0.394 e. The van der Waals surface area contributed by atoms with Gasteiger partial charge in [0.2, 0.25) is 5.91 Å². The molecule has 1 fully saturated rings. The summed E-state index contributed by atoms with van der Waals surface area (Å²) in [6.07, 6.45) is 4.48. The summed E-state index contributed by atoms with van der Waals surface area (Å²) in [4.78, 5) is 11.8. The van der Waals surface area contributed by atoms with Crippen LogP contribution in [-0.2, 0) is 4.79 Å². The van der Waals surface area contributed by atoms with E-state index in [1.54, 1.807) is 0 Å². The third-order valence-electron chi connectivity index (χ3n) is 3.70. The number of hydrogen-bond donors (Lipinski definition) is 3. The lowest BCUT2D eigenvalue weighted by atomic mass is 9.76. The molecule has 1 amide bonds. The Hall–Kier alpha value is -0.610. The van der Waals surface area contributed by atoms with Gasteiger partial charge in [0, 0.05) is 18.0 Å². The van der Waals surface area contributed by atoms with Gasteiger partial charge >= 0.3 is 0 Å². The summed E-state index contributed by atoms with van der Waals surface area (Å²) in [6.45, 7) is 2.98. The fourth-order valence-corrected chi connectivity index (χ4v) is 2.31. The molecule has 0 saturated heterocycles. The maximum Gasteiger partial charge on any atom is 0.223 e. The minimum absolute atomic E-state index is 0.138. The Labute approximate surface area is 97.8 Å². The van der Waals surface area contributed by atoms with Gasteiger partial charge in [-0.05, 0) is 39.2 Å². The molecule has 3 N–H and O–H groups in total. The van der Waals surface area contributed by atoms with E-state index in [1.165, 1.54) is 0 Å². The molecule has 4 nitrogen and oxygen atoms in total. The number of likely N-dealkylation sites (N-methyl/N-ethyl adjacent to an activating group) is 1. The lowest BCUT2D eigenvalue weighted by molar-refractivity contribution is -0.126. The first-order chi connectivity index (χ1) is 7.67. The minimum Gasteiger partial charge on any atom is -0.394 e. The van der Waals surface area contributed by atoms with E-state index in [0.717, 1.165) is 38.6 Å². The molecule has 0 radical (unpaired) electrons. The Kier molecular flexibility index (Phi) is 5.22. The molecular formula is C12H24N2O2. The van der Waals surface area contributed by atoms with Gasteiger partial charge in [-0.15, -0.1) is 0 Å². The van der Waals surface area contributed by atoms with Crippen molar-refractivity contribution in [1.29, 1.82) is 0 Å². The topological polar surface area (TPSA) is 61.4 Å². The highest BCUT2D eigenvalue weighted by Gasteiger charge is 2.35. The van der Waals surface area contributed by atoms with Crippen molar-refractivity contribution in [3.63, 3.8) is 0 Å². The van der Waals surface area contributed by atoms with E-state index in [9.17, 15) is 9.90 Å². The van der Waals surface area contributed by atoms with Crippen LogP contribution in [0, 0.1) is 5.92 Å². The smallest absolute Gasteiger partial charge is 0.223 e. The van der Waals surface area contributed by atoms with Crippen LogP contribution in [0.1, 0.15) is 39.0 Å². The van der Waals surface area contributed by atoms with Crippen LogP contribution in [0.5, 0.6) is 0 Å². The first kappa shape index (κ1) is 13.5. The van der Waals surface area contributed by atoms with Crippen LogP contribution in [0.4, 0.5) is 0 Å². The van der Waals surface area contributed by atoms with Crippen molar-refractivity contribution < 1.29 is 9.90 Å². The monoisotopic (exact) mass is 228 g/mol. The van der Waals surface area contributed by atoms with E-state index in [1.807, 2.05) is 7.05 Å². The molecule has 1 rings (SSSR count). The van der Waals surface area contributed by atoms with Crippen LogP contribution < -0.4 is 10.6 Å². The van der Waals surface area contributed by atoms with Crippen LogP contribution in [0.25, 0.3) is 0 Å². The second-order valence-corrected chi connectivity index (χ2v) is 4.75. The number of carbonyl (C=O) groups excluding carboxylic acids is 1. The van der Waals surface area contributed by atoms with E-state index in [4.69, 9.17) is 0 Å². The van der Waals surface area contributed by atoms with Crippen molar-refractivity contribution in [2.45, 2.75) is 44.6 Å². The maximum absolute atomic E-state index is 11.8. The molecule has 0 aromatic carbocycles. The van der Waals surface area contributed by atoms with Crippen LogP contribution >= 0.6 is 0 Å². The Balaban J connectivity index is 2.39. The summed E-state index contributed by atoms with van der Waals surface area (Å²) in [6, 6.07) is 0. The van der Waals surface area contributed by atoms with Gasteiger partial charge in [-0.1, -0.05) is 6.92 Å². The molecule has 94 valence electrons. The number of amides is 1. The Morgan fingerprint density at radius 3 is 2.50 bits per heavy atom. The van der Waals surface area contributed by atoms with Gasteiger partial charge in [0.05, 0.1) is 6.61 Å². The standard InChI is InChI=1S/C12H24N2O2/c1-3-8-14-11(16)10-4-6-12(9-15,13-2)7-5-10/h10,13,15H,3-9H2,1-2H3,(H,14,16). The molecule has 16 heavy (non-hydrogen) atoms. The first-order valence-corrected chi connectivity index (χ1v) is 6.25. The summed E-state index contributed by atoms with van der Waals surface area (Å²) in [5.74, 6) is 0.323. The Bertz CT molecular complexity index is 217. The number of nitrogens with one attached hydrogen (secondary N) is 2. The second kappa shape index (κ2) is 6.21. The zero-order valence-corrected chi connectivity index (χ0v) is 10.4. The second-order valence-electron chi connectivity index (χ2n) is 4.75. The van der Waals surface area contributed by atoms with Crippen molar-refractivity contribution in [2.24, 2.45) is 5.92 Å². The van der Waals surface area contributed by atoms with E-state index in [2.05, 4.69) is 17.6 Å². The molecule has 0 heterocycles. The summed E-state index contributed by atoms with van der Waals surface area (Å²) in [7, 11) is 1.88. The van der Waals surface area contributed by atoms with Crippen LogP contribution in [-0.4, -0.2) is 36.8 Å². The summed E-state index contributed by atoms with van der Waals surface area (Å²) in [5.41, 5.74) is -0.151. The average Bonchev–Trinajstić information content (AvgIpc) is 2.36. The molecule has 1 aliphatic rings. The normalized spacial score (nSPS) is 30.1. The molecule has 0 spiro atoms. The highest BCUT2D eigenvalue weighted by Crippen LogP contribution is 2.31. The molecule has 1 aliphatic carbocycles. The van der Waals surface area contributed by atoms with Gasteiger partial charge in [0.15, 0.2) is 0 Å². The van der Waals surface area contributed by atoms with Gasteiger partial charge in [-0.2, -0.15) is 0 Å². The number of carbonyl (C=O) groups is 1. The van der Waals surface area contributed by atoms with E-state index < -0.39 is 0 Å². The SMILES string of the molecule is CCCNC(=O)C1CCC(CO)(NC)CC1. The molecule has 0 unspecified atom stereocenters. The predicted octanol–water partition coefficient (Wildman–Crippen LogP) is 0.653. The molecular weight excluding hydrogens is 204 g/mol. The van der Waals surface area contributed by atoms with Crippen molar-refractivity contribution in [2.75, 3.05) is 20.2 Å². The van der Waals surface area contributed by atoms with Crippen molar-refractivity contribution in [3.05, 3.63) is 0 Å². The van der Waals surface area contributed by atoms with Crippen molar-refractivity contribution in [3.8, 4) is 0 Å². The van der Waals surface area contributed by atoms with Gasteiger partial charge in [0.25, 0.3) is 0 Å². The minimum atomic E-state index is -0.151. The third kappa shape index (κ3) is 3.19. The highest BCUT2D eigenvalue weighted by atomic mass is 16.3. The van der Waals surface area contributed by atoms with Gasteiger partial charge < -0.3 is 15.7 Å². The Morgan fingerprint density at radius 1 is 1.44 bits per heavy atom. The van der Waals surface area contributed by atoms with Crippen molar-refractivity contribution in [1.82, 2.24) is 10.6 Å². The molecule has 4 heteroatoms. The van der Waals surface area contributed by atoms with Gasteiger partial charge in [0.1, 0.15) is 0 Å². The number of rotatable bonds is 5. The van der Waals surface area contributed by atoms with Crippen LogP contribution in [0.2, 0.25) is 0 Å². The summed E-state index contributed by atoms with van der Waals surface area (Å²) in [5, 5.41) is 15.5. The Morgan fingerprint density at radius 2 is 2.06 bits per heavy atom. The predicted molar refractivity (Wildman–Crippen MR) is 64.1 cm³/mol. The van der Waals surface area contributed by atoms with E-state index in [0.29, 0.717) is 0 Å². The fourth-order valence-electron chi connectivity index (χ4n) is 2.31. The summed E-state index contributed by atoms with van der Waals surface area (Å²) >= 11 is 0. The van der Waals surface area contributed by atoms with Crippen LogP contribution in [0.3, 0.4) is 0 Å². The van der Waals surface area contributed by atoms with Gasteiger partial charge in [-0.25, -0.2) is 0 Å². The molecule has 0 aromatic heterocycles. The molecule has 1 saturated carbocycles. The van der Waals surface area contributed by atoms with E-state index in [-0.39, 0.29) is 24.0 Å². The number of aliphatic hydroxyl groups is 1. The van der Waals surface area contributed by atoms with Crippen molar-refractivity contribution >= 4 is 5.91 Å². The zero-order chi connectivity index (χ0) is 12.0. The molecule has 0 bridgehead atoms. The van der Waals surface area contributed by atoms with Gasteiger partial charge in [-0.3, -0.25) is 4.79 Å². The quantitative estimate of drug-likeness (QED) is 0.647. The molecule has 0 aliphatic heterocycles. The maximum atomic E-state index is 11.8. The first-order valence-electron chi connectivity index (χ1n) is 6.25. The van der Waals surface area contributed by atoms with E-state index >= 15 is 0 Å². The number of hydrogen-bond acceptors (Lipinski definition) is 3. The number of aliphatic hydroxyl groups excluding tert-OH is 1. The highest BCUT2D eigenvalue weighted by molar-refractivity contribution is 5.78. The van der Waals surface area contributed by atoms with Crippen LogP contribution in [0.15, 0.2) is 0 Å².